The van der Waals surface area contributed by atoms with E-state index in [1.807, 2.05) is 0 Å². The van der Waals surface area contributed by atoms with Crippen LogP contribution in [0.4, 0.5) is 0 Å². The minimum Gasteiger partial charge on any atom is -0.493 e. The summed E-state index contributed by atoms with van der Waals surface area (Å²) >= 11 is 0. The number of nitrogens with zero attached hydrogens (tertiary/aromatic N) is 1. The van der Waals surface area contributed by atoms with Crippen LogP contribution in [0.25, 0.3) is 0 Å². The van der Waals surface area contributed by atoms with Crippen LogP contribution in [0, 0.1) is 0 Å². The first-order chi connectivity index (χ1) is 7.81. The second-order valence-electron chi connectivity index (χ2n) is 3.32. The highest BCUT2D eigenvalue weighted by Crippen LogP contribution is 2.42. The molecular weight excluding hydrogens is 210 g/mol. The summed E-state index contributed by atoms with van der Waals surface area (Å²) in [6.45, 7) is 0.468. The molecule has 0 fully saturated rings. The van der Waals surface area contributed by atoms with Gasteiger partial charge in [0, 0.05) is 12.0 Å². The van der Waals surface area contributed by atoms with Gasteiger partial charge < -0.3 is 19.4 Å². The Kier molecular flexibility index (Phi) is 2.85. The summed E-state index contributed by atoms with van der Waals surface area (Å²) in [5, 5.41) is 12.1. The van der Waals surface area contributed by atoms with E-state index in [1.165, 1.54) is 0 Å². The SMILES string of the molecule is COc1ccc2c(c1OC)OCCC2=NO. The summed E-state index contributed by atoms with van der Waals surface area (Å²) in [7, 11) is 3.11. The number of hydrogen-bond donors (Lipinski definition) is 1. The van der Waals surface area contributed by atoms with Gasteiger partial charge in [0.2, 0.25) is 5.75 Å². The summed E-state index contributed by atoms with van der Waals surface area (Å²) in [6.07, 6.45) is 0.582. The Bertz CT molecular complexity index is 428. The number of ether oxygens (including phenoxy) is 3. The van der Waals surface area contributed by atoms with Crippen LogP contribution in [0.3, 0.4) is 0 Å². The fourth-order valence-corrected chi connectivity index (χ4v) is 1.76. The van der Waals surface area contributed by atoms with Gasteiger partial charge in [-0.1, -0.05) is 5.16 Å². The minimum absolute atomic E-state index is 0.468. The molecule has 1 heterocycles. The molecule has 0 saturated carbocycles. The van der Waals surface area contributed by atoms with Crippen molar-refractivity contribution in [2.75, 3.05) is 20.8 Å². The van der Waals surface area contributed by atoms with Gasteiger partial charge in [0.15, 0.2) is 11.5 Å². The number of hydrogen-bond acceptors (Lipinski definition) is 5. The first-order valence-electron chi connectivity index (χ1n) is 4.91. The van der Waals surface area contributed by atoms with Crippen LogP contribution in [-0.4, -0.2) is 31.7 Å². The van der Waals surface area contributed by atoms with E-state index in [4.69, 9.17) is 19.4 Å². The average molecular weight is 223 g/mol. The van der Waals surface area contributed by atoms with Crippen LogP contribution >= 0.6 is 0 Å². The molecule has 16 heavy (non-hydrogen) atoms. The third-order valence-corrected chi connectivity index (χ3v) is 2.52. The quantitative estimate of drug-likeness (QED) is 0.612. The van der Waals surface area contributed by atoms with Crippen LogP contribution in [0.15, 0.2) is 17.3 Å². The number of benzene rings is 1. The number of rotatable bonds is 2. The van der Waals surface area contributed by atoms with Gasteiger partial charge >= 0.3 is 0 Å². The van der Waals surface area contributed by atoms with Crippen LogP contribution in [-0.2, 0) is 0 Å². The van der Waals surface area contributed by atoms with Gasteiger partial charge in [-0.25, -0.2) is 0 Å². The highest BCUT2D eigenvalue weighted by molar-refractivity contribution is 6.04. The van der Waals surface area contributed by atoms with Crippen molar-refractivity contribution in [3.8, 4) is 17.2 Å². The minimum atomic E-state index is 0.468. The lowest BCUT2D eigenvalue weighted by Gasteiger charge is -2.21. The molecule has 5 nitrogen and oxygen atoms in total. The van der Waals surface area contributed by atoms with Gasteiger partial charge in [-0.05, 0) is 12.1 Å². The number of oxime groups is 1. The second-order valence-corrected chi connectivity index (χ2v) is 3.32. The van der Waals surface area contributed by atoms with Crippen LogP contribution in [0.5, 0.6) is 17.2 Å². The summed E-state index contributed by atoms with van der Waals surface area (Å²) in [5.74, 6) is 1.70. The van der Waals surface area contributed by atoms with E-state index < -0.39 is 0 Å². The van der Waals surface area contributed by atoms with E-state index in [0.29, 0.717) is 36.0 Å². The van der Waals surface area contributed by atoms with Crippen molar-refractivity contribution in [2.45, 2.75) is 6.42 Å². The zero-order chi connectivity index (χ0) is 11.5. The molecule has 0 spiro atoms. The topological polar surface area (TPSA) is 60.3 Å². The Hall–Kier alpha value is -1.91. The molecule has 0 radical (unpaired) electrons. The van der Waals surface area contributed by atoms with Crippen molar-refractivity contribution in [3.05, 3.63) is 17.7 Å². The van der Waals surface area contributed by atoms with Gasteiger partial charge in [-0.3, -0.25) is 0 Å². The van der Waals surface area contributed by atoms with Crippen molar-refractivity contribution >= 4 is 5.71 Å². The van der Waals surface area contributed by atoms with Gasteiger partial charge in [-0.15, -0.1) is 0 Å². The van der Waals surface area contributed by atoms with Crippen molar-refractivity contribution in [1.29, 1.82) is 0 Å². The predicted molar refractivity (Wildman–Crippen MR) is 58.0 cm³/mol. The van der Waals surface area contributed by atoms with E-state index in [2.05, 4.69) is 5.16 Å². The predicted octanol–water partition coefficient (Wildman–Crippen LogP) is 1.66. The fourth-order valence-electron chi connectivity index (χ4n) is 1.76. The third-order valence-electron chi connectivity index (χ3n) is 2.52. The van der Waals surface area contributed by atoms with Crippen LogP contribution < -0.4 is 14.2 Å². The zero-order valence-electron chi connectivity index (χ0n) is 9.19. The molecule has 0 amide bonds. The number of methoxy groups -OCH3 is 2. The van der Waals surface area contributed by atoms with Gasteiger partial charge in [0.1, 0.15) is 0 Å². The molecule has 0 unspecified atom stereocenters. The first-order valence-corrected chi connectivity index (χ1v) is 4.91. The molecule has 0 saturated heterocycles. The molecule has 86 valence electrons. The van der Waals surface area contributed by atoms with Crippen LogP contribution in [0.2, 0.25) is 0 Å². The van der Waals surface area contributed by atoms with Gasteiger partial charge in [0.05, 0.1) is 26.5 Å². The molecule has 1 aliphatic heterocycles. The molecule has 5 heteroatoms. The maximum Gasteiger partial charge on any atom is 0.203 e. The first kappa shape index (κ1) is 10.6. The molecule has 1 aromatic carbocycles. The molecule has 0 aliphatic carbocycles. The maximum absolute atomic E-state index is 8.89. The highest BCUT2D eigenvalue weighted by atomic mass is 16.5. The largest absolute Gasteiger partial charge is 0.493 e. The molecule has 1 N–H and O–H groups in total. The standard InChI is InChI=1S/C11H13NO4/c1-14-9-4-3-7-8(12-13)5-6-16-10(7)11(9)15-2/h3-4,13H,5-6H2,1-2H3. The molecule has 2 rings (SSSR count). The van der Waals surface area contributed by atoms with Crippen molar-refractivity contribution in [2.24, 2.45) is 5.16 Å². The molecule has 1 aromatic rings. The maximum atomic E-state index is 8.89. The van der Waals surface area contributed by atoms with Gasteiger partial charge in [-0.2, -0.15) is 0 Å². The molecule has 0 atom stereocenters. The van der Waals surface area contributed by atoms with E-state index in [9.17, 15) is 0 Å². The Balaban J connectivity index is 2.59. The van der Waals surface area contributed by atoms with E-state index in [-0.39, 0.29) is 0 Å². The lowest BCUT2D eigenvalue weighted by atomic mass is 10.0. The molecule has 1 aliphatic rings. The lowest BCUT2D eigenvalue weighted by Crippen LogP contribution is -2.17. The monoisotopic (exact) mass is 223 g/mol. The third kappa shape index (κ3) is 1.54. The fraction of sp³-hybridized carbons (Fsp3) is 0.364. The summed E-state index contributed by atoms with van der Waals surface area (Å²) in [6, 6.07) is 3.56. The van der Waals surface area contributed by atoms with E-state index in [0.717, 1.165) is 5.56 Å². The summed E-state index contributed by atoms with van der Waals surface area (Å²) < 4.78 is 15.9. The smallest absolute Gasteiger partial charge is 0.203 e. The van der Waals surface area contributed by atoms with Crippen molar-refractivity contribution in [1.82, 2.24) is 0 Å². The Morgan fingerprint density at radius 3 is 2.75 bits per heavy atom. The number of fused-ring (bicyclic) bond motifs is 1. The molecule has 0 aromatic heterocycles. The Morgan fingerprint density at radius 2 is 2.12 bits per heavy atom. The Morgan fingerprint density at radius 1 is 1.31 bits per heavy atom. The van der Waals surface area contributed by atoms with E-state index in [1.54, 1.807) is 26.4 Å². The van der Waals surface area contributed by atoms with Crippen molar-refractivity contribution < 1.29 is 19.4 Å². The summed E-state index contributed by atoms with van der Waals surface area (Å²) in [4.78, 5) is 0. The van der Waals surface area contributed by atoms with Crippen LogP contribution in [0.1, 0.15) is 12.0 Å². The second kappa shape index (κ2) is 4.30. The highest BCUT2D eigenvalue weighted by Gasteiger charge is 2.23. The van der Waals surface area contributed by atoms with Crippen molar-refractivity contribution in [3.63, 3.8) is 0 Å². The summed E-state index contributed by atoms with van der Waals surface area (Å²) in [5.41, 5.74) is 1.34. The Labute approximate surface area is 93.2 Å². The van der Waals surface area contributed by atoms with E-state index >= 15 is 0 Å². The zero-order valence-corrected chi connectivity index (χ0v) is 9.19. The average Bonchev–Trinajstić information content (AvgIpc) is 2.36. The van der Waals surface area contributed by atoms with Gasteiger partial charge in [0.25, 0.3) is 0 Å². The normalized spacial score (nSPS) is 16.5. The molecule has 0 bridgehead atoms. The lowest BCUT2D eigenvalue weighted by molar-refractivity contribution is 0.277. The molecular formula is C11H13NO4.